The van der Waals surface area contributed by atoms with Gasteiger partial charge in [-0.3, -0.25) is 0 Å². The summed E-state index contributed by atoms with van der Waals surface area (Å²) in [6.07, 6.45) is -7.54. The van der Waals surface area contributed by atoms with Crippen LogP contribution in [0, 0.1) is 5.92 Å². The van der Waals surface area contributed by atoms with Gasteiger partial charge in [-0.1, -0.05) is 0 Å². The predicted octanol–water partition coefficient (Wildman–Crippen LogP) is -2.59. The van der Waals surface area contributed by atoms with E-state index >= 15 is 0 Å². The Bertz CT molecular complexity index is 704. The van der Waals surface area contributed by atoms with Crippen LogP contribution in [-0.2, 0) is 33.6 Å². The molecule has 0 radical (unpaired) electrons. The molecule has 1 aliphatic heterocycles. The second kappa shape index (κ2) is 13.6. The number of carboxylic acid groups (broad SMARTS) is 1. The van der Waals surface area contributed by atoms with Crippen molar-refractivity contribution in [2.24, 2.45) is 5.92 Å². The van der Waals surface area contributed by atoms with Gasteiger partial charge in [-0.2, -0.15) is 0 Å². The first kappa shape index (κ1) is 30.6. The number of carboxylic acids is 1. The second-order valence-corrected chi connectivity index (χ2v) is 19.2. The maximum absolute atomic E-state index is 11.6. The number of carbonyl (C=O) groups is 1. The Kier molecular flexibility index (Phi) is 12.6. The van der Waals surface area contributed by atoms with Crippen molar-refractivity contribution in [3.8, 4) is 0 Å². The van der Waals surface area contributed by atoms with Crippen molar-refractivity contribution in [2.45, 2.75) is 58.6 Å². The van der Waals surface area contributed by atoms with E-state index < -0.39 is 92.5 Å². The van der Waals surface area contributed by atoms with E-state index in [4.69, 9.17) is 23.9 Å². The summed E-state index contributed by atoms with van der Waals surface area (Å²) in [5, 5.41) is 58.3. The molecule has 7 N–H and O–H groups in total. The van der Waals surface area contributed by atoms with Crippen LogP contribution >= 0.6 is 0 Å². The summed E-state index contributed by atoms with van der Waals surface area (Å²) in [6.45, 7) is -2.18. The van der Waals surface area contributed by atoms with E-state index in [1.165, 1.54) is 0 Å². The molecule has 1 aliphatic rings. The molecule has 0 aromatic rings. The minimum atomic E-state index is -4.74. The molecular formula is C17H34AsO14S+. The average molecular weight is 569 g/mol. The van der Waals surface area contributed by atoms with E-state index in [0.29, 0.717) is 5.21 Å². The molecule has 1 fully saturated rings. The van der Waals surface area contributed by atoms with Crippen LogP contribution in [0.2, 0.25) is 21.8 Å². The van der Waals surface area contributed by atoms with Gasteiger partial charge in [0.2, 0.25) is 0 Å². The molecule has 0 spiro atoms. The zero-order valence-corrected chi connectivity index (χ0v) is 21.0. The van der Waals surface area contributed by atoms with Crippen molar-refractivity contribution < 1.29 is 66.8 Å². The number of hydrogen-bond acceptors (Lipinski definition) is 12. The van der Waals surface area contributed by atoms with Crippen molar-refractivity contribution >= 4 is 29.9 Å². The molecule has 1 rings (SSSR count). The first-order valence-corrected chi connectivity index (χ1v) is 17.8. The van der Waals surface area contributed by atoms with Crippen LogP contribution in [0.3, 0.4) is 0 Å². The Labute approximate surface area is 194 Å². The molecule has 1 heterocycles. The van der Waals surface area contributed by atoms with Gasteiger partial charge < -0.3 is 0 Å². The summed E-state index contributed by atoms with van der Waals surface area (Å²) < 4.78 is 49.4. The van der Waals surface area contributed by atoms with E-state index in [-0.39, 0.29) is 18.4 Å². The van der Waals surface area contributed by atoms with Gasteiger partial charge >= 0.3 is 194 Å². The van der Waals surface area contributed by atoms with E-state index in [1.807, 2.05) is 11.4 Å². The molecule has 0 aromatic heterocycles. The molecule has 14 nitrogen and oxygen atoms in total. The maximum atomic E-state index is 11.6. The standard InChI is InChI=1S/C17H33AsO14S/c1-18(2,3-10(16(24)25)6-29-7-11(20)5-19)4-13-14(22)15(23)17(32-13)30-8-12(21)9-31-33(26,27)28/h10-15,17,19-23H,3-9H2,1-2H3,(H-,24,25,26,27,28)/p+1/t10?,11?,12?,13-,14?,15?,17-/m1/s1. The summed E-state index contributed by atoms with van der Waals surface area (Å²) >= 11 is -2.74. The molecule has 0 aromatic carbocycles. The molecule has 0 aliphatic carbocycles. The normalized spacial score (nSPS) is 26.8. The molecule has 196 valence electrons. The quantitative estimate of drug-likeness (QED) is 0.0747. The summed E-state index contributed by atoms with van der Waals surface area (Å²) in [6, 6.07) is 0. The third-order valence-electron chi connectivity index (χ3n) is 4.76. The van der Waals surface area contributed by atoms with Crippen LogP contribution in [0.15, 0.2) is 0 Å². The topological polar surface area (TPSA) is 230 Å². The van der Waals surface area contributed by atoms with Crippen molar-refractivity contribution in [2.75, 3.05) is 33.0 Å². The van der Waals surface area contributed by atoms with Gasteiger partial charge in [0, 0.05) is 0 Å². The fourth-order valence-electron chi connectivity index (χ4n) is 3.18. The van der Waals surface area contributed by atoms with Crippen molar-refractivity contribution in [1.29, 1.82) is 0 Å². The van der Waals surface area contributed by atoms with Crippen LogP contribution in [0.1, 0.15) is 0 Å². The Balaban J connectivity index is 2.59. The molecule has 7 atom stereocenters. The van der Waals surface area contributed by atoms with E-state index in [2.05, 4.69) is 4.18 Å². The number of hydrogen-bond donors (Lipinski definition) is 7. The van der Waals surface area contributed by atoms with Gasteiger partial charge in [-0.25, -0.2) is 0 Å². The van der Waals surface area contributed by atoms with E-state index in [9.17, 15) is 38.7 Å². The molecule has 5 unspecified atom stereocenters. The fourth-order valence-corrected chi connectivity index (χ4v) is 9.55. The van der Waals surface area contributed by atoms with E-state index in [1.54, 1.807) is 0 Å². The monoisotopic (exact) mass is 569 g/mol. The van der Waals surface area contributed by atoms with Crippen molar-refractivity contribution in [1.82, 2.24) is 0 Å². The first-order chi connectivity index (χ1) is 15.1. The van der Waals surface area contributed by atoms with Crippen LogP contribution < -0.4 is 0 Å². The predicted molar refractivity (Wildman–Crippen MR) is 112 cm³/mol. The average Bonchev–Trinajstić information content (AvgIpc) is 2.96. The molecule has 1 saturated heterocycles. The Morgan fingerprint density at radius 2 is 1.70 bits per heavy atom. The Morgan fingerprint density at radius 3 is 2.24 bits per heavy atom. The number of aliphatic hydroxyl groups is 5. The summed E-state index contributed by atoms with van der Waals surface area (Å²) in [4.78, 5) is 11.6. The van der Waals surface area contributed by atoms with Gasteiger partial charge in [-0.15, -0.1) is 0 Å². The third kappa shape index (κ3) is 11.7. The van der Waals surface area contributed by atoms with Crippen LogP contribution in [0.4, 0.5) is 0 Å². The van der Waals surface area contributed by atoms with Crippen molar-refractivity contribution in [3.63, 3.8) is 0 Å². The SMILES string of the molecule is C[As+](C)(CC(COCC(O)CO)C(=O)O)C[C@H]1O[C@@H](OCC(O)COS(=O)(=O)O)C(O)C1O. The number of aliphatic hydroxyl groups excluding tert-OH is 5. The van der Waals surface area contributed by atoms with Crippen LogP contribution in [0.5, 0.6) is 0 Å². The summed E-state index contributed by atoms with van der Waals surface area (Å²) in [5.74, 6) is -1.95. The molecule has 16 heteroatoms. The zero-order chi connectivity index (χ0) is 25.4. The van der Waals surface area contributed by atoms with Crippen LogP contribution in [0.25, 0.3) is 0 Å². The first-order valence-electron chi connectivity index (χ1n) is 9.99. The minimum absolute atomic E-state index is 0.164. The Morgan fingerprint density at radius 1 is 1.06 bits per heavy atom. The molecule has 0 bridgehead atoms. The van der Waals surface area contributed by atoms with Crippen LogP contribution in [-0.4, -0.2) is 133 Å². The van der Waals surface area contributed by atoms with E-state index in [0.717, 1.165) is 0 Å². The summed E-state index contributed by atoms with van der Waals surface area (Å²) in [7, 11) is -4.74. The van der Waals surface area contributed by atoms with Gasteiger partial charge in [0.25, 0.3) is 0 Å². The van der Waals surface area contributed by atoms with Gasteiger partial charge in [0.05, 0.1) is 0 Å². The second-order valence-electron chi connectivity index (χ2n) is 8.43. The summed E-state index contributed by atoms with van der Waals surface area (Å²) in [5.41, 5.74) is 3.81. The Hall–Kier alpha value is -0.422. The molecule has 33 heavy (non-hydrogen) atoms. The molecule has 0 amide bonds. The van der Waals surface area contributed by atoms with Gasteiger partial charge in [0.1, 0.15) is 0 Å². The van der Waals surface area contributed by atoms with Gasteiger partial charge in [-0.05, 0) is 0 Å². The fraction of sp³-hybridized carbons (Fsp3) is 0.941. The van der Waals surface area contributed by atoms with Gasteiger partial charge in [0.15, 0.2) is 0 Å². The number of aliphatic carboxylic acids is 1. The molecular weight excluding hydrogens is 535 g/mol. The molecule has 0 saturated carbocycles. The zero-order valence-electron chi connectivity index (χ0n) is 18.3. The van der Waals surface area contributed by atoms with Crippen molar-refractivity contribution in [3.05, 3.63) is 0 Å². The number of ether oxygens (including phenoxy) is 3. The number of rotatable bonds is 16. The third-order valence-corrected chi connectivity index (χ3v) is 11.0.